The predicted octanol–water partition coefficient (Wildman–Crippen LogP) is 3.42. The molecule has 26 heavy (non-hydrogen) atoms. The van der Waals surface area contributed by atoms with Crippen LogP contribution in [0.4, 0.5) is 10.1 Å². The molecule has 3 rings (SSSR count). The monoisotopic (exact) mass is 351 g/mol. The van der Waals surface area contributed by atoms with Crippen LogP contribution in [0, 0.1) is 5.82 Å². The predicted molar refractivity (Wildman–Crippen MR) is 98.3 cm³/mol. The molecule has 1 heterocycles. The van der Waals surface area contributed by atoms with E-state index in [1.54, 1.807) is 19.9 Å². The SMILES string of the molecule is CC(C)(C(=O)Nc1ccc(F)cc1)n1nc(-c2ccccc2)ccc1=O. The summed E-state index contributed by atoms with van der Waals surface area (Å²) >= 11 is 0. The van der Waals surface area contributed by atoms with Gasteiger partial charge >= 0.3 is 0 Å². The standard InChI is InChI=1S/C20H18FN3O2/c1-20(2,19(26)22-16-10-8-15(21)9-11-16)24-18(25)13-12-17(23-24)14-6-4-3-5-7-14/h3-13H,1-2H3,(H,22,26). The number of amides is 1. The van der Waals surface area contributed by atoms with Crippen LogP contribution >= 0.6 is 0 Å². The van der Waals surface area contributed by atoms with Gasteiger partial charge in [0.05, 0.1) is 5.69 Å². The minimum Gasteiger partial charge on any atom is -0.324 e. The Hall–Kier alpha value is -3.28. The number of anilines is 1. The van der Waals surface area contributed by atoms with Crippen molar-refractivity contribution in [1.29, 1.82) is 0 Å². The van der Waals surface area contributed by atoms with Crippen LogP contribution in [0.15, 0.2) is 71.5 Å². The second-order valence-corrected chi connectivity index (χ2v) is 6.35. The lowest BCUT2D eigenvalue weighted by Crippen LogP contribution is -2.47. The average Bonchev–Trinajstić information content (AvgIpc) is 2.64. The van der Waals surface area contributed by atoms with Gasteiger partial charge in [-0.25, -0.2) is 9.07 Å². The highest BCUT2D eigenvalue weighted by atomic mass is 19.1. The molecule has 1 N–H and O–H groups in total. The van der Waals surface area contributed by atoms with Crippen LogP contribution < -0.4 is 10.9 Å². The van der Waals surface area contributed by atoms with Crippen molar-refractivity contribution in [2.24, 2.45) is 0 Å². The van der Waals surface area contributed by atoms with Crippen molar-refractivity contribution in [3.63, 3.8) is 0 Å². The number of rotatable bonds is 4. The number of halogens is 1. The molecule has 0 fully saturated rings. The zero-order valence-electron chi connectivity index (χ0n) is 14.4. The molecule has 1 amide bonds. The Morgan fingerprint density at radius 2 is 1.65 bits per heavy atom. The maximum Gasteiger partial charge on any atom is 0.267 e. The molecule has 0 spiro atoms. The van der Waals surface area contributed by atoms with E-state index in [0.717, 1.165) is 10.2 Å². The maximum absolute atomic E-state index is 13.0. The Kier molecular flexibility index (Phi) is 4.67. The summed E-state index contributed by atoms with van der Waals surface area (Å²) in [4.78, 5) is 25.0. The Bertz CT molecular complexity index is 980. The average molecular weight is 351 g/mol. The molecule has 0 saturated heterocycles. The second-order valence-electron chi connectivity index (χ2n) is 6.35. The number of hydrogen-bond donors (Lipinski definition) is 1. The van der Waals surface area contributed by atoms with Gasteiger partial charge in [-0.3, -0.25) is 9.59 Å². The first-order valence-corrected chi connectivity index (χ1v) is 8.11. The molecule has 0 radical (unpaired) electrons. The second kappa shape index (κ2) is 6.92. The van der Waals surface area contributed by atoms with Gasteiger partial charge in [0.1, 0.15) is 11.4 Å². The molecule has 2 aromatic carbocycles. The highest BCUT2D eigenvalue weighted by molar-refractivity contribution is 5.96. The fraction of sp³-hybridized carbons (Fsp3) is 0.150. The van der Waals surface area contributed by atoms with Crippen LogP contribution in [0.2, 0.25) is 0 Å². The zero-order chi connectivity index (χ0) is 18.7. The highest BCUT2D eigenvalue weighted by Gasteiger charge is 2.32. The quantitative estimate of drug-likeness (QED) is 0.783. The van der Waals surface area contributed by atoms with Crippen molar-refractivity contribution in [2.45, 2.75) is 19.4 Å². The largest absolute Gasteiger partial charge is 0.324 e. The first kappa shape index (κ1) is 17.5. The van der Waals surface area contributed by atoms with E-state index < -0.39 is 17.3 Å². The van der Waals surface area contributed by atoms with Crippen LogP contribution in [0.5, 0.6) is 0 Å². The summed E-state index contributed by atoms with van der Waals surface area (Å²) < 4.78 is 14.2. The van der Waals surface area contributed by atoms with Crippen LogP contribution in [0.3, 0.4) is 0 Å². The van der Waals surface area contributed by atoms with Crippen LogP contribution in [-0.4, -0.2) is 15.7 Å². The molecule has 0 saturated carbocycles. The van der Waals surface area contributed by atoms with Crippen molar-refractivity contribution >= 4 is 11.6 Å². The number of carbonyl (C=O) groups excluding carboxylic acids is 1. The van der Waals surface area contributed by atoms with Gasteiger partial charge in [0.25, 0.3) is 11.5 Å². The summed E-state index contributed by atoms with van der Waals surface area (Å²) in [6.07, 6.45) is 0. The van der Waals surface area contributed by atoms with E-state index in [1.807, 2.05) is 30.3 Å². The van der Waals surface area contributed by atoms with E-state index in [-0.39, 0.29) is 5.56 Å². The van der Waals surface area contributed by atoms with Crippen molar-refractivity contribution in [1.82, 2.24) is 9.78 Å². The van der Waals surface area contributed by atoms with E-state index >= 15 is 0 Å². The van der Waals surface area contributed by atoms with Crippen LogP contribution in [-0.2, 0) is 10.3 Å². The Balaban J connectivity index is 1.94. The highest BCUT2D eigenvalue weighted by Crippen LogP contribution is 2.19. The first-order chi connectivity index (χ1) is 12.4. The molecule has 0 bridgehead atoms. The van der Waals surface area contributed by atoms with Gasteiger partial charge in [0.2, 0.25) is 0 Å². The van der Waals surface area contributed by atoms with Crippen molar-refractivity contribution in [3.05, 3.63) is 82.9 Å². The molecule has 5 nitrogen and oxygen atoms in total. The summed E-state index contributed by atoms with van der Waals surface area (Å²) in [7, 11) is 0. The number of hydrogen-bond acceptors (Lipinski definition) is 3. The summed E-state index contributed by atoms with van der Waals surface area (Å²) in [5.74, 6) is -0.820. The summed E-state index contributed by atoms with van der Waals surface area (Å²) in [6.45, 7) is 3.21. The van der Waals surface area contributed by atoms with Gasteiger partial charge < -0.3 is 5.32 Å². The third kappa shape index (κ3) is 3.54. The molecular weight excluding hydrogens is 333 g/mol. The lowest BCUT2D eigenvalue weighted by atomic mass is 10.0. The fourth-order valence-electron chi connectivity index (χ4n) is 2.49. The molecular formula is C20H18FN3O2. The van der Waals surface area contributed by atoms with E-state index in [9.17, 15) is 14.0 Å². The van der Waals surface area contributed by atoms with E-state index in [1.165, 1.54) is 30.3 Å². The Morgan fingerprint density at radius 1 is 1.00 bits per heavy atom. The normalized spacial score (nSPS) is 11.2. The molecule has 6 heteroatoms. The molecule has 3 aromatic rings. The molecule has 1 aromatic heterocycles. The van der Waals surface area contributed by atoms with E-state index in [0.29, 0.717) is 11.4 Å². The smallest absolute Gasteiger partial charge is 0.267 e. The molecule has 0 aliphatic rings. The third-order valence-corrected chi connectivity index (χ3v) is 4.06. The number of benzene rings is 2. The minimum atomic E-state index is -1.24. The fourth-order valence-corrected chi connectivity index (χ4v) is 2.49. The maximum atomic E-state index is 13.0. The molecule has 0 aliphatic carbocycles. The van der Waals surface area contributed by atoms with E-state index in [2.05, 4.69) is 10.4 Å². The van der Waals surface area contributed by atoms with Gasteiger partial charge in [0.15, 0.2) is 0 Å². The van der Waals surface area contributed by atoms with Gasteiger partial charge in [-0.05, 0) is 44.2 Å². The summed E-state index contributed by atoms with van der Waals surface area (Å²) in [5.41, 5.74) is 0.250. The molecule has 0 unspecified atom stereocenters. The molecule has 0 aliphatic heterocycles. The van der Waals surface area contributed by atoms with Crippen LogP contribution in [0.1, 0.15) is 13.8 Å². The minimum absolute atomic E-state index is 0.385. The third-order valence-electron chi connectivity index (χ3n) is 4.06. The number of nitrogens with one attached hydrogen (secondary N) is 1. The molecule has 0 atom stereocenters. The van der Waals surface area contributed by atoms with Crippen LogP contribution in [0.25, 0.3) is 11.3 Å². The van der Waals surface area contributed by atoms with Gasteiger partial charge in [0, 0.05) is 17.3 Å². The Morgan fingerprint density at radius 3 is 2.31 bits per heavy atom. The number of nitrogens with zero attached hydrogens (tertiary/aromatic N) is 2. The van der Waals surface area contributed by atoms with E-state index in [4.69, 9.17) is 0 Å². The van der Waals surface area contributed by atoms with Crippen molar-refractivity contribution < 1.29 is 9.18 Å². The lowest BCUT2D eigenvalue weighted by molar-refractivity contribution is -0.123. The lowest BCUT2D eigenvalue weighted by Gasteiger charge is -2.25. The van der Waals surface area contributed by atoms with Gasteiger partial charge in [-0.2, -0.15) is 5.10 Å². The Labute approximate surface area is 150 Å². The van der Waals surface area contributed by atoms with Gasteiger partial charge in [-0.15, -0.1) is 0 Å². The topological polar surface area (TPSA) is 64.0 Å². The number of carbonyl (C=O) groups is 1. The van der Waals surface area contributed by atoms with Gasteiger partial charge in [-0.1, -0.05) is 30.3 Å². The zero-order valence-corrected chi connectivity index (χ0v) is 14.4. The summed E-state index contributed by atoms with van der Waals surface area (Å²) in [6, 6.07) is 17.8. The summed E-state index contributed by atoms with van der Waals surface area (Å²) in [5, 5.41) is 7.06. The number of aromatic nitrogens is 2. The first-order valence-electron chi connectivity index (χ1n) is 8.11. The molecule has 132 valence electrons. The van der Waals surface area contributed by atoms with Crippen molar-refractivity contribution in [3.8, 4) is 11.3 Å². The van der Waals surface area contributed by atoms with Crippen molar-refractivity contribution in [2.75, 3.05) is 5.32 Å².